The fraction of sp³-hybridized carbons (Fsp3) is 0.400. The summed E-state index contributed by atoms with van der Waals surface area (Å²) in [4.78, 5) is 0.275. The molecule has 0 aliphatic heterocycles. The third-order valence-electron chi connectivity index (χ3n) is 1.95. The molecular formula is C10H15IN2O2S. The SMILES string of the molecule is CC(C)CN(I)S(=O)(=O)c1ccc(N)cc1. The Hall–Kier alpha value is -0.340. The van der Waals surface area contributed by atoms with E-state index in [1.807, 2.05) is 36.7 Å². The smallest absolute Gasteiger partial charge is 0.251 e. The molecule has 90 valence electrons. The fourth-order valence-electron chi connectivity index (χ4n) is 1.14. The molecule has 0 aliphatic rings. The average molecular weight is 354 g/mol. The van der Waals surface area contributed by atoms with Crippen LogP contribution in [0.3, 0.4) is 0 Å². The number of halogens is 1. The molecule has 0 heterocycles. The van der Waals surface area contributed by atoms with E-state index in [4.69, 9.17) is 5.73 Å². The van der Waals surface area contributed by atoms with Crippen LogP contribution < -0.4 is 5.73 Å². The summed E-state index contributed by atoms with van der Waals surface area (Å²) < 4.78 is 25.4. The Morgan fingerprint density at radius 3 is 2.25 bits per heavy atom. The van der Waals surface area contributed by atoms with Crippen molar-refractivity contribution < 1.29 is 8.42 Å². The number of sulfonamides is 1. The number of rotatable bonds is 4. The zero-order chi connectivity index (χ0) is 12.3. The van der Waals surface area contributed by atoms with E-state index in [1.54, 1.807) is 12.1 Å². The monoisotopic (exact) mass is 354 g/mol. The van der Waals surface area contributed by atoms with Gasteiger partial charge in [-0.1, -0.05) is 13.8 Å². The van der Waals surface area contributed by atoms with Crippen molar-refractivity contribution in [1.82, 2.24) is 2.52 Å². The van der Waals surface area contributed by atoms with Gasteiger partial charge in [-0.3, -0.25) is 0 Å². The number of anilines is 1. The van der Waals surface area contributed by atoms with Crippen LogP contribution in [-0.4, -0.2) is 17.5 Å². The molecule has 0 saturated carbocycles. The highest BCUT2D eigenvalue weighted by Gasteiger charge is 2.22. The highest BCUT2D eigenvalue weighted by molar-refractivity contribution is 14.1. The maximum absolute atomic E-state index is 12.1. The number of hydrogen-bond donors (Lipinski definition) is 1. The molecule has 1 aromatic rings. The van der Waals surface area contributed by atoms with Gasteiger partial charge in [-0.05, 0) is 30.2 Å². The van der Waals surface area contributed by atoms with E-state index in [1.165, 1.54) is 14.7 Å². The molecule has 2 N–H and O–H groups in total. The number of nitrogens with two attached hydrogens (primary N) is 1. The van der Waals surface area contributed by atoms with Crippen LogP contribution in [0.25, 0.3) is 0 Å². The molecule has 0 aromatic heterocycles. The first-order valence-corrected chi connectivity index (χ1v) is 7.28. The third kappa shape index (κ3) is 3.33. The first kappa shape index (κ1) is 13.7. The molecule has 0 atom stereocenters. The third-order valence-corrected chi connectivity index (χ3v) is 5.44. The lowest BCUT2D eigenvalue weighted by atomic mass is 10.2. The largest absolute Gasteiger partial charge is 0.399 e. The zero-order valence-corrected chi connectivity index (χ0v) is 12.2. The van der Waals surface area contributed by atoms with Crippen LogP contribution in [0.5, 0.6) is 0 Å². The second kappa shape index (κ2) is 5.33. The standard InChI is InChI=1S/C10H15IN2O2S/c1-8(2)7-13(11)16(14,15)10-5-3-9(12)4-6-10/h3-6,8H,7,12H2,1-2H3. The van der Waals surface area contributed by atoms with Gasteiger partial charge in [-0.25, -0.2) is 8.42 Å². The lowest BCUT2D eigenvalue weighted by Crippen LogP contribution is -2.25. The van der Waals surface area contributed by atoms with Gasteiger partial charge < -0.3 is 5.73 Å². The quantitative estimate of drug-likeness (QED) is 0.513. The molecule has 16 heavy (non-hydrogen) atoms. The Labute approximate surface area is 110 Å². The first-order valence-electron chi connectivity index (χ1n) is 4.88. The van der Waals surface area contributed by atoms with E-state index in [2.05, 4.69) is 0 Å². The molecule has 0 spiro atoms. The van der Waals surface area contributed by atoms with Crippen molar-refractivity contribution in [2.75, 3.05) is 12.3 Å². The van der Waals surface area contributed by atoms with Gasteiger partial charge in [-0.15, -0.1) is 2.52 Å². The molecule has 0 amide bonds. The number of nitrogen functional groups attached to an aromatic ring is 1. The Bertz CT molecular complexity index is 442. The van der Waals surface area contributed by atoms with Crippen LogP contribution >= 0.6 is 22.9 Å². The van der Waals surface area contributed by atoms with Gasteiger partial charge in [0, 0.05) is 35.1 Å². The molecule has 0 bridgehead atoms. The molecular weight excluding hydrogens is 339 g/mol. The van der Waals surface area contributed by atoms with Gasteiger partial charge in [-0.2, -0.15) is 0 Å². The highest BCUT2D eigenvalue weighted by Crippen LogP contribution is 2.21. The number of nitrogens with zero attached hydrogens (tertiary/aromatic N) is 1. The molecule has 0 saturated heterocycles. The Morgan fingerprint density at radius 2 is 1.81 bits per heavy atom. The van der Waals surface area contributed by atoms with Crippen molar-refractivity contribution in [3.05, 3.63) is 24.3 Å². The lowest BCUT2D eigenvalue weighted by Gasteiger charge is -2.16. The minimum absolute atomic E-state index is 0.275. The van der Waals surface area contributed by atoms with Crippen molar-refractivity contribution in [1.29, 1.82) is 0 Å². The summed E-state index contributed by atoms with van der Waals surface area (Å²) in [6.07, 6.45) is 0. The summed E-state index contributed by atoms with van der Waals surface area (Å²) in [7, 11) is -3.39. The molecule has 0 fully saturated rings. The minimum atomic E-state index is -3.39. The van der Waals surface area contributed by atoms with Crippen LogP contribution in [0.4, 0.5) is 5.69 Å². The van der Waals surface area contributed by atoms with Gasteiger partial charge in [0.2, 0.25) is 0 Å². The van der Waals surface area contributed by atoms with Gasteiger partial charge >= 0.3 is 0 Å². The topological polar surface area (TPSA) is 63.4 Å². The number of hydrogen-bond acceptors (Lipinski definition) is 3. The first-order chi connectivity index (χ1) is 7.34. The predicted octanol–water partition coefficient (Wildman–Crippen LogP) is 2.27. The van der Waals surface area contributed by atoms with Crippen LogP contribution in [0, 0.1) is 5.92 Å². The van der Waals surface area contributed by atoms with E-state index in [0.29, 0.717) is 18.2 Å². The number of benzene rings is 1. The average Bonchev–Trinajstić information content (AvgIpc) is 2.17. The van der Waals surface area contributed by atoms with Crippen LogP contribution in [0.15, 0.2) is 29.2 Å². The summed E-state index contributed by atoms with van der Waals surface area (Å²) in [6.45, 7) is 4.45. The van der Waals surface area contributed by atoms with Gasteiger partial charge in [0.05, 0.1) is 4.90 Å². The fourth-order valence-corrected chi connectivity index (χ4v) is 3.81. The predicted molar refractivity (Wildman–Crippen MR) is 73.6 cm³/mol. The summed E-state index contributed by atoms with van der Waals surface area (Å²) in [5.41, 5.74) is 6.07. The van der Waals surface area contributed by atoms with Crippen LogP contribution in [0.2, 0.25) is 0 Å². The van der Waals surface area contributed by atoms with Crippen molar-refractivity contribution >= 4 is 38.6 Å². The lowest BCUT2D eigenvalue weighted by molar-refractivity contribution is 0.509. The van der Waals surface area contributed by atoms with Gasteiger partial charge in [0.1, 0.15) is 0 Å². The second-order valence-electron chi connectivity index (χ2n) is 3.94. The molecule has 4 nitrogen and oxygen atoms in total. The van der Waals surface area contributed by atoms with Crippen LogP contribution in [-0.2, 0) is 10.0 Å². The maximum atomic E-state index is 12.1. The summed E-state index contributed by atoms with van der Waals surface area (Å²) in [6, 6.07) is 6.23. The highest BCUT2D eigenvalue weighted by atomic mass is 127. The summed E-state index contributed by atoms with van der Waals surface area (Å²) in [5.74, 6) is 0.292. The normalized spacial score (nSPS) is 12.3. The molecule has 6 heteroatoms. The van der Waals surface area contributed by atoms with E-state index >= 15 is 0 Å². The Morgan fingerprint density at radius 1 is 1.31 bits per heavy atom. The maximum Gasteiger partial charge on any atom is 0.251 e. The van der Waals surface area contributed by atoms with E-state index < -0.39 is 10.0 Å². The van der Waals surface area contributed by atoms with Crippen molar-refractivity contribution in [2.24, 2.45) is 5.92 Å². The van der Waals surface area contributed by atoms with Crippen molar-refractivity contribution in [2.45, 2.75) is 18.7 Å². The Balaban J connectivity index is 2.97. The molecule has 0 unspecified atom stereocenters. The van der Waals surface area contributed by atoms with Gasteiger partial charge in [0.15, 0.2) is 0 Å². The van der Waals surface area contributed by atoms with E-state index in [9.17, 15) is 8.42 Å². The van der Waals surface area contributed by atoms with E-state index in [0.717, 1.165) is 0 Å². The van der Waals surface area contributed by atoms with Crippen LogP contribution in [0.1, 0.15) is 13.8 Å². The second-order valence-corrected chi connectivity index (χ2v) is 7.62. The minimum Gasteiger partial charge on any atom is -0.399 e. The Kier molecular flexibility index (Phi) is 4.57. The van der Waals surface area contributed by atoms with E-state index in [-0.39, 0.29) is 4.90 Å². The molecule has 1 rings (SSSR count). The van der Waals surface area contributed by atoms with Crippen molar-refractivity contribution in [3.8, 4) is 0 Å². The summed E-state index contributed by atoms with van der Waals surface area (Å²) >= 11 is 1.83. The summed E-state index contributed by atoms with van der Waals surface area (Å²) in [5, 5.41) is 0. The molecule has 1 aromatic carbocycles. The zero-order valence-electron chi connectivity index (χ0n) is 9.22. The molecule has 0 aliphatic carbocycles. The molecule has 0 radical (unpaired) electrons. The van der Waals surface area contributed by atoms with Crippen molar-refractivity contribution in [3.63, 3.8) is 0 Å². The van der Waals surface area contributed by atoms with Gasteiger partial charge in [0.25, 0.3) is 10.0 Å².